The Bertz CT molecular complexity index is 577. The van der Waals surface area contributed by atoms with Gasteiger partial charge < -0.3 is 34.7 Å². The second-order valence-corrected chi connectivity index (χ2v) is 4.56. The normalized spacial score (nSPS) is 31.5. The fourth-order valence-corrected chi connectivity index (χ4v) is 1.97. The summed E-state index contributed by atoms with van der Waals surface area (Å²) in [7, 11) is 0. The molecule has 1 aliphatic rings. The predicted octanol–water partition coefficient (Wildman–Crippen LogP) is -2.47. The highest BCUT2D eigenvalue weighted by atomic mass is 16.7. The van der Waals surface area contributed by atoms with Gasteiger partial charge in [0.15, 0.2) is 5.75 Å². The average Bonchev–Trinajstić information content (AvgIpc) is 2.47. The monoisotopic (exact) mass is 314 g/mol. The first-order chi connectivity index (χ1) is 10.3. The van der Waals surface area contributed by atoms with E-state index in [0.717, 1.165) is 6.07 Å². The van der Waals surface area contributed by atoms with Crippen molar-refractivity contribution in [1.29, 1.82) is 0 Å². The van der Waals surface area contributed by atoms with Gasteiger partial charge in [-0.05, 0) is 6.07 Å². The second kappa shape index (κ2) is 6.23. The molecule has 5 atom stereocenters. The van der Waals surface area contributed by atoms with Gasteiger partial charge in [0.05, 0.1) is 10.9 Å². The number of rotatable bonds is 4. The lowest BCUT2D eigenvalue weighted by Crippen LogP contribution is -2.63. The number of hydrogen-bond donors (Lipinski definition) is 3. The number of nitro benzene ring substituents is 1. The van der Waals surface area contributed by atoms with Crippen LogP contribution >= 0.6 is 0 Å². The molecule has 3 N–H and O–H groups in total. The van der Waals surface area contributed by atoms with Crippen LogP contribution in [0.1, 0.15) is 0 Å². The van der Waals surface area contributed by atoms with Crippen molar-refractivity contribution in [3.8, 4) is 5.75 Å². The zero-order valence-corrected chi connectivity index (χ0v) is 10.9. The molecule has 5 unspecified atom stereocenters. The van der Waals surface area contributed by atoms with Gasteiger partial charge >= 0.3 is 5.69 Å². The van der Waals surface area contributed by atoms with Crippen molar-refractivity contribution in [1.82, 2.24) is 0 Å². The van der Waals surface area contributed by atoms with Crippen molar-refractivity contribution in [2.75, 3.05) is 0 Å². The minimum absolute atomic E-state index is 0.294. The molecule has 1 heterocycles. The van der Waals surface area contributed by atoms with Crippen LogP contribution < -0.4 is 9.84 Å². The third-order valence-corrected chi connectivity index (χ3v) is 3.11. The summed E-state index contributed by atoms with van der Waals surface area (Å²) in [5.41, 5.74) is -0.441. The molecule has 0 amide bonds. The maximum absolute atomic E-state index is 10.9. The fourth-order valence-electron chi connectivity index (χ4n) is 1.97. The molecule has 10 heteroatoms. The average molecular weight is 314 g/mol. The van der Waals surface area contributed by atoms with Crippen LogP contribution in [0.2, 0.25) is 0 Å². The Morgan fingerprint density at radius 1 is 1.18 bits per heavy atom. The minimum Gasteiger partial charge on any atom is -0.547 e. The zero-order valence-electron chi connectivity index (χ0n) is 10.9. The first-order valence-electron chi connectivity index (χ1n) is 6.13. The topological polar surface area (TPSA) is 162 Å². The van der Waals surface area contributed by atoms with Crippen molar-refractivity contribution in [2.45, 2.75) is 30.7 Å². The number of hydrogen-bond acceptors (Lipinski definition) is 9. The molecular formula is C12H12NO9-. The molecule has 1 fully saturated rings. The van der Waals surface area contributed by atoms with Gasteiger partial charge in [-0.15, -0.1) is 0 Å². The molecule has 22 heavy (non-hydrogen) atoms. The Morgan fingerprint density at radius 2 is 1.82 bits per heavy atom. The van der Waals surface area contributed by atoms with Crippen LogP contribution in [-0.4, -0.2) is 56.9 Å². The minimum atomic E-state index is -1.95. The van der Waals surface area contributed by atoms with Crippen LogP contribution in [0.5, 0.6) is 5.75 Å². The van der Waals surface area contributed by atoms with Crippen LogP contribution in [-0.2, 0) is 9.53 Å². The third kappa shape index (κ3) is 2.99. The van der Waals surface area contributed by atoms with Crippen molar-refractivity contribution < 1.29 is 39.6 Å². The van der Waals surface area contributed by atoms with E-state index in [4.69, 9.17) is 9.47 Å². The number of aliphatic hydroxyl groups is 3. The van der Waals surface area contributed by atoms with Gasteiger partial charge in [0.1, 0.15) is 24.4 Å². The van der Waals surface area contributed by atoms with Crippen molar-refractivity contribution in [3.05, 3.63) is 34.4 Å². The lowest BCUT2D eigenvalue weighted by atomic mass is 9.99. The number of benzene rings is 1. The molecule has 1 aliphatic heterocycles. The van der Waals surface area contributed by atoms with E-state index in [0.29, 0.717) is 0 Å². The van der Waals surface area contributed by atoms with E-state index in [2.05, 4.69) is 0 Å². The Hall–Kier alpha value is -2.27. The van der Waals surface area contributed by atoms with Crippen LogP contribution in [0.4, 0.5) is 5.69 Å². The highest BCUT2D eigenvalue weighted by molar-refractivity contribution is 5.71. The van der Waals surface area contributed by atoms with Crippen LogP contribution in [0.25, 0.3) is 0 Å². The van der Waals surface area contributed by atoms with Gasteiger partial charge in [-0.3, -0.25) is 10.1 Å². The number of aliphatic carboxylic acids is 1. The molecule has 0 aliphatic carbocycles. The van der Waals surface area contributed by atoms with Gasteiger partial charge in [0.25, 0.3) is 0 Å². The van der Waals surface area contributed by atoms with E-state index in [9.17, 15) is 35.3 Å². The summed E-state index contributed by atoms with van der Waals surface area (Å²) in [6.45, 7) is 0. The summed E-state index contributed by atoms with van der Waals surface area (Å²) in [5.74, 6) is -2.12. The zero-order chi connectivity index (χ0) is 16.4. The number of carboxylic acids is 1. The molecule has 1 saturated heterocycles. The summed E-state index contributed by atoms with van der Waals surface area (Å²) in [4.78, 5) is 21.0. The van der Waals surface area contributed by atoms with Crippen LogP contribution in [0.3, 0.4) is 0 Å². The summed E-state index contributed by atoms with van der Waals surface area (Å²) in [6.07, 6.45) is -9.31. The molecule has 120 valence electrons. The molecule has 1 aromatic carbocycles. The Labute approximate surface area is 123 Å². The van der Waals surface area contributed by atoms with Gasteiger partial charge in [0, 0.05) is 6.07 Å². The van der Waals surface area contributed by atoms with Gasteiger partial charge in [-0.1, -0.05) is 12.1 Å². The molecule has 0 bridgehead atoms. The predicted molar refractivity (Wildman–Crippen MR) is 65.4 cm³/mol. The van der Waals surface area contributed by atoms with Gasteiger partial charge in [0.2, 0.25) is 6.29 Å². The van der Waals surface area contributed by atoms with E-state index in [1.807, 2.05) is 0 Å². The summed E-state index contributed by atoms with van der Waals surface area (Å²) in [6, 6.07) is 5.14. The number of para-hydroxylation sites is 2. The van der Waals surface area contributed by atoms with Crippen molar-refractivity contribution >= 4 is 11.7 Å². The Morgan fingerprint density at radius 3 is 2.41 bits per heavy atom. The third-order valence-electron chi connectivity index (χ3n) is 3.11. The standard InChI is InChI=1S/C12H13NO9/c14-7-8(15)10(11(17)18)22-12(9(7)16)21-6-4-2-1-3-5(6)13(19)20/h1-4,7-10,12,14-16H,(H,17,18)/p-1. The highest BCUT2D eigenvalue weighted by Crippen LogP contribution is 2.30. The van der Waals surface area contributed by atoms with Crippen LogP contribution in [0, 0.1) is 10.1 Å². The number of ether oxygens (including phenoxy) is 2. The number of aliphatic hydroxyl groups excluding tert-OH is 3. The fraction of sp³-hybridized carbons (Fsp3) is 0.417. The van der Waals surface area contributed by atoms with E-state index in [-0.39, 0.29) is 5.75 Å². The molecule has 0 aromatic heterocycles. The number of carbonyl (C=O) groups is 1. The molecule has 1 aromatic rings. The number of nitrogens with zero attached hydrogens (tertiary/aromatic N) is 1. The summed E-state index contributed by atoms with van der Waals surface area (Å²) < 4.78 is 9.90. The number of nitro groups is 1. The lowest BCUT2D eigenvalue weighted by molar-refractivity contribution is -0.387. The Kier molecular flexibility index (Phi) is 4.56. The molecular weight excluding hydrogens is 302 g/mol. The van der Waals surface area contributed by atoms with E-state index in [1.165, 1.54) is 18.2 Å². The summed E-state index contributed by atoms with van der Waals surface area (Å²) in [5, 5.41) is 50.5. The van der Waals surface area contributed by atoms with Crippen molar-refractivity contribution in [2.24, 2.45) is 0 Å². The van der Waals surface area contributed by atoms with Gasteiger partial charge in [-0.25, -0.2) is 0 Å². The van der Waals surface area contributed by atoms with E-state index >= 15 is 0 Å². The SMILES string of the molecule is O=C([O-])C1OC(Oc2ccccc2[N+](=O)[O-])C(O)C(O)C1O. The van der Waals surface area contributed by atoms with Crippen LogP contribution in [0.15, 0.2) is 24.3 Å². The van der Waals surface area contributed by atoms with E-state index < -0.39 is 47.3 Å². The Balaban J connectivity index is 2.25. The quantitative estimate of drug-likeness (QED) is 0.403. The maximum Gasteiger partial charge on any atom is 0.311 e. The molecule has 0 radical (unpaired) electrons. The van der Waals surface area contributed by atoms with E-state index in [1.54, 1.807) is 0 Å². The largest absolute Gasteiger partial charge is 0.547 e. The maximum atomic E-state index is 10.9. The molecule has 0 spiro atoms. The molecule has 2 rings (SSSR count). The highest BCUT2D eigenvalue weighted by Gasteiger charge is 2.46. The molecule has 10 nitrogen and oxygen atoms in total. The summed E-state index contributed by atoms with van der Waals surface area (Å²) >= 11 is 0. The molecule has 0 saturated carbocycles. The first-order valence-corrected chi connectivity index (χ1v) is 6.13. The first kappa shape index (κ1) is 16.1. The smallest absolute Gasteiger partial charge is 0.311 e. The number of carbonyl (C=O) groups excluding carboxylic acids is 1. The second-order valence-electron chi connectivity index (χ2n) is 4.56. The number of carboxylic acid groups (broad SMARTS) is 1. The van der Waals surface area contributed by atoms with Crippen molar-refractivity contribution in [3.63, 3.8) is 0 Å². The van der Waals surface area contributed by atoms with Gasteiger partial charge in [-0.2, -0.15) is 0 Å². The lowest BCUT2D eigenvalue weighted by Gasteiger charge is -2.40.